The highest BCUT2D eigenvalue weighted by Gasteiger charge is 2.43. The fourth-order valence-electron chi connectivity index (χ4n) is 2.77. The number of carbonyl (C=O) groups excluding carboxylic acids is 1. The van der Waals surface area contributed by atoms with E-state index in [0.29, 0.717) is 12.0 Å². The summed E-state index contributed by atoms with van der Waals surface area (Å²) in [5.74, 6) is 0.754. The lowest BCUT2D eigenvalue weighted by Gasteiger charge is -2.46. The van der Waals surface area contributed by atoms with E-state index in [1.807, 2.05) is 27.7 Å². The van der Waals surface area contributed by atoms with Gasteiger partial charge in [-0.2, -0.15) is 0 Å². The lowest BCUT2D eigenvalue weighted by molar-refractivity contribution is -0.134. The Morgan fingerprint density at radius 1 is 1.22 bits per heavy atom. The number of hydrogen-bond acceptors (Lipinski definition) is 3. The van der Waals surface area contributed by atoms with Crippen LogP contribution in [0.1, 0.15) is 40.5 Å². The van der Waals surface area contributed by atoms with Crippen LogP contribution in [-0.4, -0.2) is 42.0 Å². The molecule has 4 heteroatoms. The van der Waals surface area contributed by atoms with Crippen molar-refractivity contribution in [3.05, 3.63) is 0 Å². The van der Waals surface area contributed by atoms with Gasteiger partial charge in [-0.3, -0.25) is 4.79 Å². The Balaban J connectivity index is 2.00. The summed E-state index contributed by atoms with van der Waals surface area (Å²) in [6.07, 6.45) is 2.44. The van der Waals surface area contributed by atoms with Crippen LogP contribution in [0.2, 0.25) is 0 Å². The third kappa shape index (κ3) is 2.41. The smallest absolute Gasteiger partial charge is 0.227 e. The van der Waals surface area contributed by atoms with Crippen molar-refractivity contribution in [3.63, 3.8) is 0 Å². The maximum absolute atomic E-state index is 12.4. The highest BCUT2D eigenvalue weighted by Crippen LogP contribution is 2.31. The first-order valence-electron chi connectivity index (χ1n) is 7.04. The van der Waals surface area contributed by atoms with E-state index in [0.717, 1.165) is 6.54 Å². The molecule has 0 radical (unpaired) electrons. The zero-order chi connectivity index (χ0) is 13.6. The van der Waals surface area contributed by atoms with Gasteiger partial charge in [-0.15, -0.1) is 0 Å². The van der Waals surface area contributed by atoms with E-state index in [-0.39, 0.29) is 5.91 Å². The third-order valence-corrected chi connectivity index (χ3v) is 5.15. The van der Waals surface area contributed by atoms with Crippen LogP contribution in [-0.2, 0) is 4.79 Å². The van der Waals surface area contributed by atoms with Gasteiger partial charge >= 0.3 is 0 Å². The molecule has 3 aliphatic heterocycles. The van der Waals surface area contributed by atoms with Gasteiger partial charge in [0.25, 0.3) is 0 Å². The SMILES string of the molecule is CC(C)(N)C(C)(C)C(=O)NC1CN2CCC1CC2. The van der Waals surface area contributed by atoms with Crippen LogP contribution in [0.5, 0.6) is 0 Å². The summed E-state index contributed by atoms with van der Waals surface area (Å²) in [4.78, 5) is 14.9. The van der Waals surface area contributed by atoms with Gasteiger partial charge in [0.2, 0.25) is 5.91 Å². The first-order valence-corrected chi connectivity index (χ1v) is 7.04. The molecule has 0 aromatic carbocycles. The van der Waals surface area contributed by atoms with Crippen LogP contribution < -0.4 is 11.1 Å². The molecule has 1 unspecified atom stereocenters. The molecule has 1 amide bonds. The van der Waals surface area contributed by atoms with Crippen molar-refractivity contribution >= 4 is 5.91 Å². The summed E-state index contributed by atoms with van der Waals surface area (Å²) >= 11 is 0. The highest BCUT2D eigenvalue weighted by molar-refractivity contribution is 5.83. The number of piperidine rings is 3. The fraction of sp³-hybridized carbons (Fsp3) is 0.929. The summed E-state index contributed by atoms with van der Waals surface area (Å²) < 4.78 is 0. The minimum atomic E-state index is -0.543. The molecule has 18 heavy (non-hydrogen) atoms. The minimum absolute atomic E-state index is 0.0914. The predicted octanol–water partition coefficient (Wildman–Crippen LogP) is 0.960. The van der Waals surface area contributed by atoms with E-state index in [1.165, 1.54) is 25.9 Å². The molecular formula is C14H27N3O. The Morgan fingerprint density at radius 3 is 2.17 bits per heavy atom. The summed E-state index contributed by atoms with van der Waals surface area (Å²) in [6, 6.07) is 0.321. The van der Waals surface area contributed by atoms with E-state index in [4.69, 9.17) is 5.73 Å². The molecule has 2 bridgehead atoms. The van der Waals surface area contributed by atoms with Gasteiger partial charge in [-0.1, -0.05) is 0 Å². The zero-order valence-corrected chi connectivity index (χ0v) is 12.1. The second kappa shape index (κ2) is 4.49. The molecule has 3 rings (SSSR count). The molecule has 0 saturated carbocycles. The fourth-order valence-corrected chi connectivity index (χ4v) is 2.77. The molecule has 0 aromatic rings. The average Bonchev–Trinajstić information content (AvgIpc) is 2.29. The molecular weight excluding hydrogens is 226 g/mol. The van der Waals surface area contributed by atoms with E-state index in [2.05, 4.69) is 10.2 Å². The molecule has 3 heterocycles. The number of amides is 1. The van der Waals surface area contributed by atoms with Gasteiger partial charge in [-0.25, -0.2) is 0 Å². The third-order valence-electron chi connectivity index (χ3n) is 5.15. The van der Waals surface area contributed by atoms with E-state index in [1.54, 1.807) is 0 Å². The molecule has 0 spiro atoms. The van der Waals surface area contributed by atoms with Crippen LogP contribution in [0.3, 0.4) is 0 Å². The van der Waals surface area contributed by atoms with Crippen molar-refractivity contribution in [3.8, 4) is 0 Å². The molecule has 1 atom stereocenters. The zero-order valence-electron chi connectivity index (χ0n) is 12.1. The summed E-state index contributed by atoms with van der Waals surface area (Å²) in [7, 11) is 0. The molecule has 0 aliphatic carbocycles. The quantitative estimate of drug-likeness (QED) is 0.787. The highest BCUT2D eigenvalue weighted by atomic mass is 16.2. The number of hydrogen-bond donors (Lipinski definition) is 2. The topological polar surface area (TPSA) is 58.4 Å². The van der Waals surface area contributed by atoms with Crippen LogP contribution in [0.25, 0.3) is 0 Å². The van der Waals surface area contributed by atoms with Crippen molar-refractivity contribution in [1.82, 2.24) is 10.2 Å². The first kappa shape index (κ1) is 13.8. The Kier molecular flexibility index (Phi) is 3.45. The van der Waals surface area contributed by atoms with Crippen LogP contribution in [0.4, 0.5) is 0 Å². The molecule has 104 valence electrons. The second-order valence-corrected chi connectivity index (χ2v) is 7.06. The summed E-state index contributed by atoms with van der Waals surface area (Å²) in [5.41, 5.74) is 5.07. The number of fused-ring (bicyclic) bond motifs is 3. The number of carbonyl (C=O) groups is 1. The second-order valence-electron chi connectivity index (χ2n) is 7.06. The standard InChI is InChI=1S/C14H27N3O/c1-13(2,14(3,4)15)12(18)16-11-9-17-7-5-10(11)6-8-17/h10-11H,5-9,15H2,1-4H3,(H,16,18). The average molecular weight is 253 g/mol. The Bertz CT molecular complexity index is 324. The first-order chi connectivity index (χ1) is 8.22. The van der Waals surface area contributed by atoms with E-state index >= 15 is 0 Å². The van der Waals surface area contributed by atoms with E-state index in [9.17, 15) is 4.79 Å². The van der Waals surface area contributed by atoms with Crippen molar-refractivity contribution < 1.29 is 4.79 Å². The number of nitrogens with two attached hydrogens (primary N) is 1. The van der Waals surface area contributed by atoms with E-state index < -0.39 is 11.0 Å². The number of nitrogens with zero attached hydrogens (tertiary/aromatic N) is 1. The monoisotopic (exact) mass is 253 g/mol. The lowest BCUT2D eigenvalue weighted by atomic mass is 9.74. The van der Waals surface area contributed by atoms with Gasteiger partial charge in [-0.05, 0) is 59.5 Å². The van der Waals surface area contributed by atoms with Gasteiger partial charge in [0.15, 0.2) is 0 Å². The largest absolute Gasteiger partial charge is 0.351 e. The van der Waals surface area contributed by atoms with Crippen LogP contribution in [0, 0.1) is 11.3 Å². The van der Waals surface area contributed by atoms with Crippen molar-refractivity contribution in [2.75, 3.05) is 19.6 Å². The lowest BCUT2D eigenvalue weighted by Crippen LogP contribution is -2.62. The van der Waals surface area contributed by atoms with Crippen LogP contribution >= 0.6 is 0 Å². The van der Waals surface area contributed by atoms with Crippen molar-refractivity contribution in [2.45, 2.75) is 52.1 Å². The Labute approximate surface area is 110 Å². The van der Waals surface area contributed by atoms with Gasteiger partial charge in [0.05, 0.1) is 5.41 Å². The molecule has 3 aliphatic rings. The van der Waals surface area contributed by atoms with Crippen molar-refractivity contribution in [2.24, 2.45) is 17.1 Å². The van der Waals surface area contributed by atoms with Crippen molar-refractivity contribution in [1.29, 1.82) is 0 Å². The maximum Gasteiger partial charge on any atom is 0.227 e. The van der Waals surface area contributed by atoms with Gasteiger partial charge in [0.1, 0.15) is 0 Å². The van der Waals surface area contributed by atoms with Gasteiger partial charge < -0.3 is 16.0 Å². The molecule has 3 saturated heterocycles. The molecule has 0 aromatic heterocycles. The summed E-state index contributed by atoms with van der Waals surface area (Å²) in [6.45, 7) is 11.1. The molecule has 3 fully saturated rings. The molecule has 3 N–H and O–H groups in total. The number of nitrogens with one attached hydrogen (secondary N) is 1. The van der Waals surface area contributed by atoms with Gasteiger partial charge in [0, 0.05) is 18.1 Å². The van der Waals surface area contributed by atoms with Crippen LogP contribution in [0.15, 0.2) is 0 Å². The predicted molar refractivity (Wildman–Crippen MR) is 73.1 cm³/mol. The minimum Gasteiger partial charge on any atom is -0.351 e. The Morgan fingerprint density at radius 2 is 1.78 bits per heavy atom. The summed E-state index contributed by atoms with van der Waals surface area (Å²) in [5, 5.41) is 3.24. The molecule has 4 nitrogen and oxygen atoms in total. The normalized spacial score (nSPS) is 32.4. The Hall–Kier alpha value is -0.610. The number of rotatable bonds is 3. The maximum atomic E-state index is 12.4.